The minimum atomic E-state index is 0.473. The van der Waals surface area contributed by atoms with Gasteiger partial charge in [0.1, 0.15) is 18.2 Å². The van der Waals surface area contributed by atoms with Crippen molar-refractivity contribution in [1.82, 2.24) is 0 Å². The monoisotopic (exact) mass is 417 g/mol. The third-order valence-corrected chi connectivity index (χ3v) is 4.85. The summed E-state index contributed by atoms with van der Waals surface area (Å²) >= 11 is 3.75. The van der Waals surface area contributed by atoms with Crippen molar-refractivity contribution in [3.63, 3.8) is 0 Å². The summed E-state index contributed by atoms with van der Waals surface area (Å²) in [6, 6.07) is 20.4. The van der Waals surface area contributed by atoms with Crippen molar-refractivity contribution < 1.29 is 4.74 Å². The van der Waals surface area contributed by atoms with Crippen LogP contribution in [0, 0.1) is 14.9 Å². The minimum absolute atomic E-state index is 0.473. The molecule has 22 heavy (non-hydrogen) atoms. The highest BCUT2D eigenvalue weighted by atomic mass is 127. The lowest BCUT2D eigenvalue weighted by molar-refractivity contribution is 0.315. The van der Waals surface area contributed by atoms with Gasteiger partial charge >= 0.3 is 0 Å². The van der Waals surface area contributed by atoms with E-state index >= 15 is 0 Å². The van der Waals surface area contributed by atoms with E-state index in [1.54, 1.807) is 0 Å². The fourth-order valence-electron chi connectivity index (χ4n) is 2.11. The zero-order valence-electron chi connectivity index (χ0n) is 11.6. The van der Waals surface area contributed by atoms with Crippen LogP contribution in [0.4, 0.5) is 0 Å². The van der Waals surface area contributed by atoms with Crippen molar-refractivity contribution >= 4 is 33.9 Å². The Balaban J connectivity index is 1.82. The van der Waals surface area contributed by atoms with Crippen LogP contribution >= 0.6 is 33.9 Å². The molecule has 4 heteroatoms. The third-order valence-electron chi connectivity index (χ3n) is 3.24. The summed E-state index contributed by atoms with van der Waals surface area (Å²) in [6.45, 7) is 0.473. The Kier molecular flexibility index (Phi) is 4.76. The first-order chi connectivity index (χ1) is 10.8. The number of nitriles is 1. The summed E-state index contributed by atoms with van der Waals surface area (Å²) in [7, 11) is 0. The smallest absolute Gasteiger partial charge is 0.192 e. The van der Waals surface area contributed by atoms with Gasteiger partial charge in [-0.1, -0.05) is 42.5 Å². The molecular formula is C18H12INOS. The summed E-state index contributed by atoms with van der Waals surface area (Å²) in [4.78, 5) is 0. The lowest BCUT2D eigenvalue weighted by atomic mass is 10.1. The number of nitrogens with zero attached hydrogens (tertiary/aromatic N) is 1. The first-order valence-corrected chi connectivity index (χ1v) is 8.68. The zero-order valence-corrected chi connectivity index (χ0v) is 14.6. The minimum Gasteiger partial charge on any atom is -0.478 e. The zero-order chi connectivity index (χ0) is 15.4. The number of thiophene rings is 1. The van der Waals surface area contributed by atoms with Gasteiger partial charge in [-0.2, -0.15) is 5.26 Å². The summed E-state index contributed by atoms with van der Waals surface area (Å²) in [6.07, 6.45) is 0. The molecule has 1 aromatic heterocycles. The second-order valence-electron chi connectivity index (χ2n) is 4.70. The van der Waals surface area contributed by atoms with Gasteiger partial charge < -0.3 is 4.74 Å². The quantitative estimate of drug-likeness (QED) is 0.528. The maximum absolute atomic E-state index is 9.46. The maximum atomic E-state index is 9.46. The van der Waals surface area contributed by atoms with Gasteiger partial charge in [0, 0.05) is 14.5 Å². The van der Waals surface area contributed by atoms with Crippen molar-refractivity contribution in [2.45, 2.75) is 6.61 Å². The first-order valence-electron chi connectivity index (χ1n) is 6.72. The second-order valence-corrected chi connectivity index (χ2v) is 6.79. The summed E-state index contributed by atoms with van der Waals surface area (Å²) in [5.41, 5.74) is 3.69. The van der Waals surface area contributed by atoms with E-state index in [1.807, 2.05) is 60.0 Å². The predicted molar refractivity (Wildman–Crippen MR) is 98.0 cm³/mol. The highest BCUT2D eigenvalue weighted by molar-refractivity contribution is 14.1. The maximum Gasteiger partial charge on any atom is 0.192 e. The van der Waals surface area contributed by atoms with Crippen LogP contribution in [0.5, 0.6) is 5.06 Å². The molecule has 0 unspecified atom stereocenters. The van der Waals surface area contributed by atoms with E-state index < -0.39 is 0 Å². The fraction of sp³-hybridized carbons (Fsp3) is 0.0556. The van der Waals surface area contributed by atoms with Crippen molar-refractivity contribution in [2.75, 3.05) is 0 Å². The van der Waals surface area contributed by atoms with E-state index in [0.29, 0.717) is 17.2 Å². The van der Waals surface area contributed by atoms with Gasteiger partial charge in [-0.3, -0.25) is 0 Å². The van der Waals surface area contributed by atoms with Gasteiger partial charge in [0.25, 0.3) is 0 Å². The predicted octanol–water partition coefficient (Wildman–Crippen LogP) is 5.47. The lowest BCUT2D eigenvalue weighted by Crippen LogP contribution is -1.95. The summed E-state index contributed by atoms with van der Waals surface area (Å²) in [5.74, 6) is 0. The molecule has 3 aromatic rings. The Morgan fingerprint density at radius 2 is 1.77 bits per heavy atom. The van der Waals surface area contributed by atoms with Crippen LogP contribution in [0.1, 0.15) is 11.1 Å². The molecule has 0 fully saturated rings. The number of rotatable bonds is 4. The van der Waals surface area contributed by atoms with Crippen LogP contribution in [0.2, 0.25) is 0 Å². The van der Waals surface area contributed by atoms with Crippen molar-refractivity contribution in [2.24, 2.45) is 0 Å². The lowest BCUT2D eigenvalue weighted by Gasteiger charge is -2.05. The second kappa shape index (κ2) is 6.95. The number of halogens is 1. The number of ether oxygens (including phenoxy) is 1. The van der Waals surface area contributed by atoms with Gasteiger partial charge in [0.15, 0.2) is 5.06 Å². The molecule has 0 atom stereocenters. The molecule has 0 spiro atoms. The van der Waals surface area contributed by atoms with Crippen molar-refractivity contribution in [1.29, 1.82) is 5.26 Å². The number of hydrogen-bond acceptors (Lipinski definition) is 3. The molecule has 0 saturated carbocycles. The number of benzene rings is 2. The van der Waals surface area contributed by atoms with Gasteiger partial charge in [0.05, 0.1) is 0 Å². The molecular weight excluding hydrogens is 405 g/mol. The normalized spacial score (nSPS) is 10.2. The molecule has 0 saturated heterocycles. The molecule has 0 bridgehead atoms. The average Bonchev–Trinajstić information content (AvgIpc) is 2.98. The van der Waals surface area contributed by atoms with E-state index in [9.17, 15) is 5.26 Å². The highest BCUT2D eigenvalue weighted by Crippen LogP contribution is 2.37. The summed E-state index contributed by atoms with van der Waals surface area (Å²) in [5, 5.41) is 12.1. The van der Waals surface area contributed by atoms with Gasteiger partial charge in [-0.25, -0.2) is 0 Å². The Morgan fingerprint density at radius 3 is 2.45 bits per heavy atom. The number of hydrogen-bond donors (Lipinski definition) is 0. The van der Waals surface area contributed by atoms with Crippen molar-refractivity contribution in [3.05, 3.63) is 74.7 Å². The van der Waals surface area contributed by atoms with Crippen LogP contribution in [0.25, 0.3) is 11.1 Å². The Labute approximate surface area is 147 Å². The molecule has 2 nitrogen and oxygen atoms in total. The van der Waals surface area contributed by atoms with E-state index in [0.717, 1.165) is 16.7 Å². The third kappa shape index (κ3) is 3.32. The first kappa shape index (κ1) is 15.1. The summed E-state index contributed by atoms with van der Waals surface area (Å²) < 4.78 is 7.05. The van der Waals surface area contributed by atoms with Crippen molar-refractivity contribution in [3.8, 4) is 22.3 Å². The van der Waals surface area contributed by atoms with Crippen LogP contribution in [0.3, 0.4) is 0 Å². The molecule has 0 aliphatic carbocycles. The molecule has 0 aliphatic rings. The molecule has 0 aliphatic heterocycles. The molecule has 2 aromatic carbocycles. The van der Waals surface area contributed by atoms with Gasteiger partial charge in [-0.05, 0) is 45.9 Å². The average molecular weight is 417 g/mol. The highest BCUT2D eigenvalue weighted by Gasteiger charge is 2.14. The van der Waals surface area contributed by atoms with Crippen LogP contribution in [-0.2, 0) is 6.61 Å². The standard InChI is InChI=1S/C18H12INOS/c19-15-8-6-13(7-9-15)11-21-18-16(10-20)17(12-22-18)14-4-2-1-3-5-14/h1-9,12H,11H2. The van der Waals surface area contributed by atoms with E-state index in [2.05, 4.69) is 28.7 Å². The SMILES string of the molecule is N#Cc1c(-c2ccccc2)csc1OCc1ccc(I)cc1. The molecule has 3 rings (SSSR count). The van der Waals surface area contributed by atoms with Crippen LogP contribution in [-0.4, -0.2) is 0 Å². The topological polar surface area (TPSA) is 33.0 Å². The fourth-order valence-corrected chi connectivity index (χ4v) is 3.35. The Bertz CT molecular complexity index is 803. The van der Waals surface area contributed by atoms with Gasteiger partial charge in [0.2, 0.25) is 0 Å². The molecule has 0 amide bonds. The Morgan fingerprint density at radius 1 is 1.05 bits per heavy atom. The van der Waals surface area contributed by atoms with Crippen LogP contribution < -0.4 is 4.74 Å². The van der Waals surface area contributed by atoms with Gasteiger partial charge in [-0.15, -0.1) is 11.3 Å². The molecule has 1 heterocycles. The largest absolute Gasteiger partial charge is 0.478 e. The molecule has 0 N–H and O–H groups in total. The molecule has 108 valence electrons. The van der Waals surface area contributed by atoms with E-state index in [4.69, 9.17) is 4.74 Å². The van der Waals surface area contributed by atoms with E-state index in [-0.39, 0.29) is 0 Å². The molecule has 0 radical (unpaired) electrons. The van der Waals surface area contributed by atoms with E-state index in [1.165, 1.54) is 14.9 Å². The Hall–Kier alpha value is -1.84. The van der Waals surface area contributed by atoms with Crippen LogP contribution in [0.15, 0.2) is 60.0 Å².